The minimum atomic E-state index is -1.69. The second-order valence-corrected chi connectivity index (χ2v) is 12.5. The molecule has 2 saturated carbocycles. The van der Waals surface area contributed by atoms with Crippen molar-refractivity contribution in [1.29, 1.82) is 0 Å². The molecule has 1 aromatic carbocycles. The van der Waals surface area contributed by atoms with Gasteiger partial charge in [0.1, 0.15) is 17.8 Å². The van der Waals surface area contributed by atoms with E-state index in [1.54, 1.807) is 37.3 Å². The molecule has 1 heterocycles. The maximum absolute atomic E-state index is 14.4. The maximum Gasteiger partial charge on any atom is 0.338 e. The van der Waals surface area contributed by atoms with Crippen molar-refractivity contribution >= 4 is 23.7 Å². The minimum absolute atomic E-state index is 0.0124. The molecular formula is C31H38O8. The number of carbonyl (C=O) groups excluding carboxylic acids is 4. The molecule has 0 N–H and O–H groups in total. The molecule has 0 amide bonds. The van der Waals surface area contributed by atoms with E-state index in [9.17, 15) is 19.2 Å². The third kappa shape index (κ3) is 4.71. The van der Waals surface area contributed by atoms with E-state index in [1.807, 2.05) is 13.0 Å². The summed E-state index contributed by atoms with van der Waals surface area (Å²) in [7, 11) is 0. The summed E-state index contributed by atoms with van der Waals surface area (Å²) in [5, 5.41) is 0. The first-order valence-corrected chi connectivity index (χ1v) is 13.8. The molecule has 4 aliphatic rings. The van der Waals surface area contributed by atoms with Gasteiger partial charge >= 0.3 is 17.9 Å². The molecule has 2 unspecified atom stereocenters. The normalized spacial score (nSPS) is 39.7. The molecule has 5 rings (SSSR count). The number of esters is 3. The standard InChI is InChI=1S/C31H38O8/c1-17-14-23-22(29(23,5)6)12-13-30(16-36-30)27(37-19(3)32)24-25(38-28(35)21-10-8-7-9-11-21)18(2)15-31(24,26(17)34)39-20(4)33/h7-11,14,18,22-25,27H,12-13,15-16H2,1-6H3/b17-14+/t18-,22-,23+,24?,25-,27?,30-,31+/m0/s1. The molecule has 1 aliphatic heterocycles. The van der Waals surface area contributed by atoms with Gasteiger partial charge in [-0.1, -0.05) is 45.0 Å². The highest BCUT2D eigenvalue weighted by Crippen LogP contribution is 2.64. The van der Waals surface area contributed by atoms with Crippen LogP contribution in [0.5, 0.6) is 0 Å². The molecule has 39 heavy (non-hydrogen) atoms. The number of hydrogen-bond acceptors (Lipinski definition) is 8. The second-order valence-electron chi connectivity index (χ2n) is 12.5. The Morgan fingerprint density at radius 3 is 2.28 bits per heavy atom. The van der Waals surface area contributed by atoms with Gasteiger partial charge in [-0.05, 0) is 60.6 Å². The van der Waals surface area contributed by atoms with Gasteiger partial charge in [0.05, 0.1) is 18.1 Å². The summed E-state index contributed by atoms with van der Waals surface area (Å²) in [6, 6.07) is 8.59. The van der Waals surface area contributed by atoms with Gasteiger partial charge in [-0.25, -0.2) is 4.79 Å². The zero-order valence-corrected chi connectivity index (χ0v) is 23.5. The highest BCUT2D eigenvalue weighted by molar-refractivity contribution is 6.03. The Morgan fingerprint density at radius 2 is 1.69 bits per heavy atom. The number of ether oxygens (including phenoxy) is 4. The van der Waals surface area contributed by atoms with Crippen LogP contribution in [0.2, 0.25) is 0 Å². The van der Waals surface area contributed by atoms with Crippen LogP contribution in [0.1, 0.15) is 71.2 Å². The first kappa shape index (κ1) is 27.6. The lowest BCUT2D eigenvalue weighted by Gasteiger charge is -2.41. The topological polar surface area (TPSA) is 108 Å². The molecule has 8 heteroatoms. The summed E-state index contributed by atoms with van der Waals surface area (Å²) in [6.07, 6.45) is 1.74. The quantitative estimate of drug-likeness (QED) is 0.314. The number of Topliss-reactive ketones (excluding diaryl/α,β-unsaturated/α-hetero) is 1. The van der Waals surface area contributed by atoms with E-state index in [4.69, 9.17) is 18.9 Å². The lowest BCUT2D eigenvalue weighted by molar-refractivity contribution is -0.186. The van der Waals surface area contributed by atoms with E-state index in [1.165, 1.54) is 13.8 Å². The zero-order valence-electron chi connectivity index (χ0n) is 23.5. The van der Waals surface area contributed by atoms with Gasteiger partial charge < -0.3 is 18.9 Å². The van der Waals surface area contributed by atoms with Gasteiger partial charge in [0.25, 0.3) is 0 Å². The van der Waals surface area contributed by atoms with E-state index in [2.05, 4.69) is 13.8 Å². The lowest BCUT2D eigenvalue weighted by atomic mass is 9.74. The maximum atomic E-state index is 14.4. The zero-order chi connectivity index (χ0) is 28.3. The summed E-state index contributed by atoms with van der Waals surface area (Å²) in [4.78, 5) is 52.9. The molecule has 1 saturated heterocycles. The molecule has 0 aromatic heterocycles. The Morgan fingerprint density at radius 1 is 1.03 bits per heavy atom. The summed E-state index contributed by atoms with van der Waals surface area (Å²) in [5.41, 5.74) is -1.68. The predicted octanol–water partition coefficient (Wildman–Crippen LogP) is 4.45. The fraction of sp³-hybridized carbons (Fsp3) is 0.613. The number of fused-ring (bicyclic) bond motifs is 2. The highest BCUT2D eigenvalue weighted by atomic mass is 16.6. The summed E-state index contributed by atoms with van der Waals surface area (Å²) in [5.74, 6) is -2.86. The summed E-state index contributed by atoms with van der Waals surface area (Å²) < 4.78 is 24.2. The first-order valence-electron chi connectivity index (χ1n) is 13.8. The average Bonchev–Trinajstić information content (AvgIpc) is 3.73. The third-order valence-corrected chi connectivity index (χ3v) is 9.50. The molecule has 8 nitrogen and oxygen atoms in total. The van der Waals surface area contributed by atoms with E-state index >= 15 is 0 Å². The van der Waals surface area contributed by atoms with Crippen LogP contribution in [0.4, 0.5) is 0 Å². The Labute approximate surface area is 229 Å². The van der Waals surface area contributed by atoms with Gasteiger partial charge in [0, 0.05) is 20.3 Å². The summed E-state index contributed by atoms with van der Waals surface area (Å²) in [6.45, 7) is 10.9. The van der Waals surface area contributed by atoms with Crippen LogP contribution < -0.4 is 0 Å². The van der Waals surface area contributed by atoms with Crippen molar-refractivity contribution in [2.24, 2.45) is 29.1 Å². The van der Waals surface area contributed by atoms with Crippen LogP contribution >= 0.6 is 0 Å². The Kier molecular flexibility index (Phi) is 6.77. The minimum Gasteiger partial charge on any atom is -0.459 e. The van der Waals surface area contributed by atoms with Gasteiger partial charge in [0.15, 0.2) is 5.60 Å². The number of carbonyl (C=O) groups is 4. The predicted molar refractivity (Wildman–Crippen MR) is 140 cm³/mol. The number of epoxide rings is 1. The van der Waals surface area contributed by atoms with Crippen LogP contribution in [0.15, 0.2) is 42.0 Å². The van der Waals surface area contributed by atoms with Crippen LogP contribution in [0.25, 0.3) is 0 Å². The highest BCUT2D eigenvalue weighted by Gasteiger charge is 2.71. The molecule has 1 aromatic rings. The molecule has 1 spiro atoms. The van der Waals surface area contributed by atoms with E-state index in [0.717, 1.165) is 6.42 Å². The SMILES string of the molecule is CC(=O)OC1C2[C@@H](OC(=O)c3ccccc3)[C@@H](C)C[C@]2(OC(C)=O)C(=O)/C(C)=C/[C@@H]2[C@H](CC[C@]13CO3)C2(C)C. The van der Waals surface area contributed by atoms with Gasteiger partial charge in [-0.15, -0.1) is 0 Å². The van der Waals surface area contributed by atoms with E-state index in [-0.39, 0.29) is 29.5 Å². The van der Waals surface area contributed by atoms with Gasteiger partial charge in [-0.3, -0.25) is 14.4 Å². The smallest absolute Gasteiger partial charge is 0.338 e. The molecule has 0 radical (unpaired) electrons. The number of allylic oxidation sites excluding steroid dienone is 1. The Balaban J connectivity index is 1.66. The summed E-state index contributed by atoms with van der Waals surface area (Å²) >= 11 is 0. The van der Waals surface area contributed by atoms with Gasteiger partial charge in [-0.2, -0.15) is 0 Å². The fourth-order valence-electron chi connectivity index (χ4n) is 7.36. The number of benzene rings is 1. The van der Waals surface area contributed by atoms with Crippen LogP contribution in [0.3, 0.4) is 0 Å². The molecule has 3 fully saturated rings. The van der Waals surface area contributed by atoms with Crippen molar-refractivity contribution < 1.29 is 38.1 Å². The van der Waals surface area contributed by atoms with Crippen molar-refractivity contribution in [1.82, 2.24) is 0 Å². The molecule has 210 valence electrons. The monoisotopic (exact) mass is 538 g/mol. The molecule has 8 atom stereocenters. The molecule has 3 aliphatic carbocycles. The third-order valence-electron chi connectivity index (χ3n) is 9.50. The van der Waals surface area contributed by atoms with Crippen LogP contribution in [-0.2, 0) is 33.3 Å². The van der Waals surface area contributed by atoms with Crippen molar-refractivity contribution in [2.45, 2.75) is 84.2 Å². The van der Waals surface area contributed by atoms with Crippen molar-refractivity contribution in [3.63, 3.8) is 0 Å². The number of ketones is 1. The number of rotatable bonds is 4. The number of hydrogen-bond donors (Lipinski definition) is 0. The molecular weight excluding hydrogens is 500 g/mol. The average molecular weight is 539 g/mol. The van der Waals surface area contributed by atoms with Crippen molar-refractivity contribution in [3.8, 4) is 0 Å². The van der Waals surface area contributed by atoms with Crippen molar-refractivity contribution in [3.05, 3.63) is 47.5 Å². The largest absolute Gasteiger partial charge is 0.459 e. The Hall–Kier alpha value is -3.00. The van der Waals surface area contributed by atoms with Crippen LogP contribution in [-0.4, -0.2) is 53.7 Å². The second kappa shape index (κ2) is 9.58. The van der Waals surface area contributed by atoms with E-state index in [0.29, 0.717) is 30.1 Å². The molecule has 0 bridgehead atoms. The van der Waals surface area contributed by atoms with Gasteiger partial charge in [0.2, 0.25) is 5.78 Å². The lowest BCUT2D eigenvalue weighted by Crippen LogP contribution is -2.58. The fourth-order valence-corrected chi connectivity index (χ4v) is 7.36. The first-order chi connectivity index (χ1) is 18.3. The van der Waals surface area contributed by atoms with E-state index < -0.39 is 47.2 Å². The van der Waals surface area contributed by atoms with Crippen LogP contribution in [0, 0.1) is 29.1 Å². The Bertz CT molecular complexity index is 1210. The van der Waals surface area contributed by atoms with Crippen molar-refractivity contribution in [2.75, 3.05) is 6.61 Å².